The number of hydrogen-bond donors (Lipinski definition) is 0. The van der Waals surface area contributed by atoms with E-state index in [1.165, 1.54) is 16.2 Å². The van der Waals surface area contributed by atoms with Crippen molar-refractivity contribution >= 4 is 44.4 Å². The Balaban J connectivity index is 1.50. The molecule has 0 aliphatic carbocycles. The van der Waals surface area contributed by atoms with E-state index in [2.05, 4.69) is 11.1 Å². The number of pyridine rings is 1. The zero-order valence-corrected chi connectivity index (χ0v) is 18.9. The number of fused-ring (bicyclic) bond motifs is 2. The average molecular weight is 457 g/mol. The molecule has 4 aromatic rings. The molecule has 1 aliphatic rings. The molecule has 0 radical (unpaired) electrons. The van der Waals surface area contributed by atoms with E-state index < -0.39 is 11.8 Å². The molecule has 0 bridgehead atoms. The van der Waals surface area contributed by atoms with Crippen LogP contribution in [0.2, 0.25) is 0 Å². The highest BCUT2D eigenvalue weighted by molar-refractivity contribution is 7.22. The molecule has 3 amide bonds. The van der Waals surface area contributed by atoms with Crippen LogP contribution < -0.4 is 4.90 Å². The number of amides is 3. The van der Waals surface area contributed by atoms with Gasteiger partial charge in [-0.05, 0) is 54.8 Å². The maximum atomic E-state index is 13.5. The van der Waals surface area contributed by atoms with E-state index in [4.69, 9.17) is 4.98 Å². The van der Waals surface area contributed by atoms with Crippen molar-refractivity contribution in [3.63, 3.8) is 0 Å². The summed E-state index contributed by atoms with van der Waals surface area (Å²) in [5.41, 5.74) is 4.44. The number of thiazole rings is 1. The average Bonchev–Trinajstić information content (AvgIpc) is 3.33. The summed E-state index contributed by atoms with van der Waals surface area (Å²) in [5, 5.41) is 0.518. The molecule has 0 spiro atoms. The van der Waals surface area contributed by atoms with E-state index in [0.717, 1.165) is 31.8 Å². The van der Waals surface area contributed by atoms with Gasteiger partial charge in [-0.1, -0.05) is 35.6 Å². The lowest BCUT2D eigenvalue weighted by Crippen LogP contribution is -2.42. The van der Waals surface area contributed by atoms with E-state index in [1.807, 2.05) is 26.0 Å². The molecule has 3 heterocycles. The normalized spacial score (nSPS) is 13.0. The maximum absolute atomic E-state index is 13.5. The Hall–Kier alpha value is -3.91. The van der Waals surface area contributed by atoms with Crippen molar-refractivity contribution in [2.24, 2.45) is 0 Å². The number of rotatable bonds is 5. The molecule has 164 valence electrons. The monoisotopic (exact) mass is 456 g/mol. The van der Waals surface area contributed by atoms with Crippen LogP contribution in [0.15, 0.2) is 60.9 Å². The first kappa shape index (κ1) is 21.0. The Morgan fingerprint density at radius 2 is 1.76 bits per heavy atom. The lowest BCUT2D eigenvalue weighted by molar-refractivity contribution is -0.119. The molecule has 0 saturated heterocycles. The van der Waals surface area contributed by atoms with Crippen LogP contribution in [-0.2, 0) is 11.3 Å². The van der Waals surface area contributed by atoms with Gasteiger partial charge in [-0.3, -0.25) is 29.2 Å². The molecule has 2 aromatic heterocycles. The minimum absolute atomic E-state index is 0.230. The molecule has 0 N–H and O–H groups in total. The van der Waals surface area contributed by atoms with Gasteiger partial charge < -0.3 is 0 Å². The van der Waals surface area contributed by atoms with Crippen LogP contribution in [0.25, 0.3) is 10.2 Å². The standard InChI is InChI=1S/C25H20N4O3S/c1-15-10-16(2)22-20(11-15)33-25(27-22)28(13-17-6-5-9-26-12-17)21(30)14-29-23(31)18-7-3-4-8-19(18)24(29)32/h3-12H,13-14H2,1-2H3. The van der Waals surface area contributed by atoms with Gasteiger partial charge in [-0.15, -0.1) is 0 Å². The third-order valence-electron chi connectivity index (χ3n) is 5.59. The van der Waals surface area contributed by atoms with E-state index in [-0.39, 0.29) is 19.0 Å². The third-order valence-corrected chi connectivity index (χ3v) is 6.61. The zero-order chi connectivity index (χ0) is 23.1. The van der Waals surface area contributed by atoms with E-state index in [9.17, 15) is 14.4 Å². The van der Waals surface area contributed by atoms with Gasteiger partial charge in [0.2, 0.25) is 5.91 Å². The molecule has 0 atom stereocenters. The molecule has 0 unspecified atom stereocenters. The fraction of sp³-hybridized carbons (Fsp3) is 0.160. The summed E-state index contributed by atoms with van der Waals surface area (Å²) in [7, 11) is 0. The first-order chi connectivity index (χ1) is 15.9. The summed E-state index contributed by atoms with van der Waals surface area (Å²) in [6.45, 7) is 3.88. The van der Waals surface area contributed by atoms with Crippen LogP contribution in [0, 0.1) is 13.8 Å². The van der Waals surface area contributed by atoms with Crippen molar-refractivity contribution < 1.29 is 14.4 Å². The lowest BCUT2D eigenvalue weighted by Gasteiger charge is -2.22. The molecule has 2 aromatic carbocycles. The molecule has 8 heteroatoms. The number of aryl methyl sites for hydroxylation is 2. The highest BCUT2D eigenvalue weighted by Gasteiger charge is 2.37. The number of nitrogens with zero attached hydrogens (tertiary/aromatic N) is 4. The largest absolute Gasteiger partial charge is 0.282 e. The second-order valence-corrected chi connectivity index (χ2v) is 9.02. The molecule has 7 nitrogen and oxygen atoms in total. The molecular formula is C25H20N4O3S. The number of carbonyl (C=O) groups excluding carboxylic acids is 3. The van der Waals surface area contributed by atoms with Gasteiger partial charge in [0.15, 0.2) is 5.13 Å². The smallest absolute Gasteiger partial charge is 0.262 e. The predicted molar refractivity (Wildman–Crippen MR) is 126 cm³/mol. The predicted octanol–water partition coefficient (Wildman–Crippen LogP) is 4.14. The second kappa shape index (κ2) is 8.22. The number of carbonyl (C=O) groups is 3. The van der Waals surface area contributed by atoms with Crippen LogP contribution in [0.1, 0.15) is 37.4 Å². The zero-order valence-electron chi connectivity index (χ0n) is 18.1. The van der Waals surface area contributed by atoms with Crippen molar-refractivity contribution in [1.29, 1.82) is 0 Å². The van der Waals surface area contributed by atoms with Crippen LogP contribution in [0.3, 0.4) is 0 Å². The summed E-state index contributed by atoms with van der Waals surface area (Å²) in [5.74, 6) is -1.30. The van der Waals surface area contributed by atoms with E-state index in [0.29, 0.717) is 16.3 Å². The molecule has 0 fully saturated rings. The first-order valence-electron chi connectivity index (χ1n) is 10.4. The minimum Gasteiger partial charge on any atom is -0.282 e. The summed E-state index contributed by atoms with van der Waals surface area (Å²) in [6, 6.07) is 14.4. The summed E-state index contributed by atoms with van der Waals surface area (Å²) < 4.78 is 0.979. The Labute approximate surface area is 194 Å². The van der Waals surface area contributed by atoms with Gasteiger partial charge in [0.1, 0.15) is 6.54 Å². The number of hydrogen-bond acceptors (Lipinski definition) is 6. The quantitative estimate of drug-likeness (QED) is 0.422. The fourth-order valence-electron chi connectivity index (χ4n) is 4.01. The van der Waals surface area contributed by atoms with Crippen LogP contribution in [0.4, 0.5) is 5.13 Å². The second-order valence-electron chi connectivity index (χ2n) is 8.01. The van der Waals surface area contributed by atoms with Gasteiger partial charge >= 0.3 is 0 Å². The van der Waals surface area contributed by atoms with Gasteiger partial charge in [0.05, 0.1) is 27.9 Å². The summed E-state index contributed by atoms with van der Waals surface area (Å²) in [4.78, 5) is 50.5. The van der Waals surface area contributed by atoms with Crippen molar-refractivity contribution in [1.82, 2.24) is 14.9 Å². The molecule has 5 rings (SSSR count). The highest BCUT2D eigenvalue weighted by Crippen LogP contribution is 2.33. The summed E-state index contributed by atoms with van der Waals surface area (Å²) in [6.07, 6.45) is 3.35. The number of imide groups is 1. The maximum Gasteiger partial charge on any atom is 0.262 e. The van der Waals surface area contributed by atoms with Gasteiger partial charge in [-0.25, -0.2) is 4.98 Å². The first-order valence-corrected chi connectivity index (χ1v) is 11.3. The topological polar surface area (TPSA) is 83.5 Å². The van der Waals surface area contributed by atoms with Gasteiger partial charge in [-0.2, -0.15) is 0 Å². The Bertz CT molecular complexity index is 1380. The number of benzene rings is 2. The minimum atomic E-state index is -0.457. The van der Waals surface area contributed by atoms with Crippen LogP contribution >= 0.6 is 11.3 Å². The van der Waals surface area contributed by atoms with Crippen molar-refractivity contribution in [2.75, 3.05) is 11.4 Å². The highest BCUT2D eigenvalue weighted by atomic mass is 32.1. The number of aromatic nitrogens is 2. The van der Waals surface area contributed by atoms with Crippen molar-refractivity contribution in [2.45, 2.75) is 20.4 Å². The van der Waals surface area contributed by atoms with Gasteiger partial charge in [0, 0.05) is 12.4 Å². The summed E-state index contributed by atoms with van der Waals surface area (Å²) >= 11 is 1.41. The Morgan fingerprint density at radius 1 is 1.03 bits per heavy atom. The number of anilines is 1. The van der Waals surface area contributed by atoms with E-state index in [1.54, 1.807) is 42.7 Å². The van der Waals surface area contributed by atoms with Crippen molar-refractivity contribution in [3.05, 3.63) is 88.7 Å². The Morgan fingerprint density at radius 3 is 2.42 bits per heavy atom. The molecule has 33 heavy (non-hydrogen) atoms. The third kappa shape index (κ3) is 3.78. The molecule has 0 saturated carbocycles. The van der Waals surface area contributed by atoms with Crippen LogP contribution in [0.5, 0.6) is 0 Å². The molecule has 1 aliphatic heterocycles. The van der Waals surface area contributed by atoms with Gasteiger partial charge in [0.25, 0.3) is 11.8 Å². The Kier molecular flexibility index (Phi) is 5.22. The SMILES string of the molecule is Cc1cc(C)c2nc(N(Cc3cccnc3)C(=O)CN3C(=O)c4ccccc4C3=O)sc2c1. The van der Waals surface area contributed by atoms with Crippen LogP contribution in [-0.4, -0.2) is 39.1 Å². The molecular weight excluding hydrogens is 436 g/mol. The van der Waals surface area contributed by atoms with Crippen molar-refractivity contribution in [3.8, 4) is 0 Å². The fourth-order valence-corrected chi connectivity index (χ4v) is 5.17. The van der Waals surface area contributed by atoms with E-state index >= 15 is 0 Å². The lowest BCUT2D eigenvalue weighted by atomic mass is 10.1.